The molecule has 1 aliphatic carbocycles. The molecule has 8 nitrogen and oxygen atoms in total. The molecule has 2 aromatic rings. The van der Waals surface area contributed by atoms with Crippen molar-refractivity contribution in [2.75, 3.05) is 11.9 Å². The van der Waals surface area contributed by atoms with E-state index in [4.69, 9.17) is 5.73 Å². The minimum absolute atomic E-state index is 0.0651. The van der Waals surface area contributed by atoms with Gasteiger partial charge in [-0.05, 0) is 43.2 Å². The maximum absolute atomic E-state index is 11.8. The fraction of sp³-hybridized carbons (Fsp3) is 0.500. The second-order valence-electron chi connectivity index (χ2n) is 8.54. The van der Waals surface area contributed by atoms with Crippen molar-refractivity contribution in [3.63, 3.8) is 0 Å². The van der Waals surface area contributed by atoms with E-state index in [2.05, 4.69) is 39.7 Å². The lowest BCUT2D eigenvalue weighted by Crippen LogP contribution is -2.32. The summed E-state index contributed by atoms with van der Waals surface area (Å²) >= 11 is 0. The number of fused-ring (bicyclic) bond motifs is 1. The Morgan fingerprint density at radius 3 is 2.89 bits per heavy atom. The standard InChI is InChI=1S/C20H26N6O2/c1-20(2)6-5-13-15(9-20)25-26-18(13)11-7-14(19(21)28)24-16(8-11)22-10-12-3-4-17(27)23-12/h7-8,12H,3-6,9-10H2,1-2H3,(H2,21,28)(H,22,24)(H,23,27)(H,25,26). The third kappa shape index (κ3) is 3.72. The van der Waals surface area contributed by atoms with Crippen LogP contribution in [-0.2, 0) is 17.6 Å². The minimum Gasteiger partial charge on any atom is -0.368 e. The van der Waals surface area contributed by atoms with Crippen molar-refractivity contribution in [2.24, 2.45) is 11.1 Å². The lowest BCUT2D eigenvalue weighted by Gasteiger charge is -2.29. The summed E-state index contributed by atoms with van der Waals surface area (Å²) in [6.45, 7) is 5.07. The lowest BCUT2D eigenvalue weighted by molar-refractivity contribution is -0.119. The summed E-state index contributed by atoms with van der Waals surface area (Å²) in [5.41, 5.74) is 9.99. The number of H-pyrrole nitrogens is 1. The summed E-state index contributed by atoms with van der Waals surface area (Å²) in [6, 6.07) is 3.65. The van der Waals surface area contributed by atoms with E-state index in [9.17, 15) is 9.59 Å². The first kappa shape index (κ1) is 18.5. The first-order valence-electron chi connectivity index (χ1n) is 9.72. The highest BCUT2D eigenvalue weighted by Gasteiger charge is 2.29. The first-order chi connectivity index (χ1) is 13.3. The molecule has 2 aliphatic rings. The fourth-order valence-electron chi connectivity index (χ4n) is 4.03. The Morgan fingerprint density at radius 2 is 2.18 bits per heavy atom. The van der Waals surface area contributed by atoms with Gasteiger partial charge in [0.15, 0.2) is 0 Å². The van der Waals surface area contributed by atoms with Gasteiger partial charge in [0.05, 0.1) is 5.69 Å². The highest BCUT2D eigenvalue weighted by Crippen LogP contribution is 2.38. The van der Waals surface area contributed by atoms with Gasteiger partial charge in [0.2, 0.25) is 5.91 Å². The molecule has 0 spiro atoms. The lowest BCUT2D eigenvalue weighted by atomic mass is 9.76. The van der Waals surface area contributed by atoms with Crippen LogP contribution in [0.3, 0.4) is 0 Å². The van der Waals surface area contributed by atoms with Gasteiger partial charge in [-0.25, -0.2) is 4.98 Å². The van der Waals surface area contributed by atoms with Gasteiger partial charge in [-0.1, -0.05) is 13.8 Å². The van der Waals surface area contributed by atoms with Gasteiger partial charge in [-0.2, -0.15) is 5.10 Å². The smallest absolute Gasteiger partial charge is 0.267 e. The van der Waals surface area contributed by atoms with E-state index < -0.39 is 5.91 Å². The number of hydrogen-bond donors (Lipinski definition) is 4. The molecule has 4 rings (SSSR count). The first-order valence-corrected chi connectivity index (χ1v) is 9.72. The van der Waals surface area contributed by atoms with Crippen LogP contribution in [0.2, 0.25) is 0 Å². The van der Waals surface area contributed by atoms with E-state index in [-0.39, 0.29) is 23.1 Å². The van der Waals surface area contributed by atoms with E-state index in [1.165, 1.54) is 5.56 Å². The highest BCUT2D eigenvalue weighted by molar-refractivity contribution is 5.92. The zero-order valence-electron chi connectivity index (χ0n) is 16.3. The number of rotatable bonds is 5. The van der Waals surface area contributed by atoms with Crippen LogP contribution in [0.5, 0.6) is 0 Å². The minimum atomic E-state index is -0.579. The molecule has 5 N–H and O–H groups in total. The van der Waals surface area contributed by atoms with Crippen molar-refractivity contribution < 1.29 is 9.59 Å². The Balaban J connectivity index is 1.62. The molecule has 2 aromatic heterocycles. The van der Waals surface area contributed by atoms with Gasteiger partial charge in [-0.3, -0.25) is 14.7 Å². The molecule has 0 bridgehead atoms. The number of aromatic nitrogens is 3. The molecule has 3 heterocycles. The van der Waals surface area contributed by atoms with Crippen molar-refractivity contribution in [1.29, 1.82) is 0 Å². The van der Waals surface area contributed by atoms with Crippen LogP contribution < -0.4 is 16.4 Å². The molecular weight excluding hydrogens is 356 g/mol. The summed E-state index contributed by atoms with van der Waals surface area (Å²) in [7, 11) is 0. The zero-order valence-corrected chi connectivity index (χ0v) is 16.3. The number of carbonyl (C=O) groups excluding carboxylic acids is 2. The second-order valence-corrected chi connectivity index (χ2v) is 8.54. The highest BCUT2D eigenvalue weighted by atomic mass is 16.2. The largest absolute Gasteiger partial charge is 0.368 e. The van der Waals surface area contributed by atoms with E-state index in [1.807, 2.05) is 6.07 Å². The molecule has 1 atom stereocenters. The van der Waals surface area contributed by atoms with Crippen molar-refractivity contribution in [1.82, 2.24) is 20.5 Å². The SMILES string of the molecule is CC1(C)CCc2c(-c3cc(NCC4CCC(=O)N4)nc(C(N)=O)c3)n[nH]c2C1. The van der Waals surface area contributed by atoms with Gasteiger partial charge in [0, 0.05) is 35.8 Å². The normalized spacial score (nSPS) is 20.5. The molecule has 1 unspecified atom stereocenters. The van der Waals surface area contributed by atoms with E-state index in [1.54, 1.807) is 6.07 Å². The summed E-state index contributed by atoms with van der Waals surface area (Å²) in [5.74, 6) is 0.0438. The number of hydrogen-bond acceptors (Lipinski definition) is 5. The van der Waals surface area contributed by atoms with Crippen LogP contribution in [-0.4, -0.2) is 39.6 Å². The van der Waals surface area contributed by atoms with Gasteiger partial charge >= 0.3 is 0 Å². The second kappa shape index (κ2) is 6.92. The zero-order chi connectivity index (χ0) is 19.9. The molecule has 28 heavy (non-hydrogen) atoms. The Kier molecular flexibility index (Phi) is 4.56. The molecule has 8 heteroatoms. The van der Waals surface area contributed by atoms with E-state index in [0.717, 1.165) is 42.6 Å². The Hall–Kier alpha value is -2.90. The van der Waals surface area contributed by atoms with Crippen LogP contribution in [0.4, 0.5) is 5.82 Å². The maximum Gasteiger partial charge on any atom is 0.267 e. The average Bonchev–Trinajstić information content (AvgIpc) is 3.24. The molecular formula is C20H26N6O2. The summed E-state index contributed by atoms with van der Waals surface area (Å²) in [6.07, 6.45) is 4.32. The van der Waals surface area contributed by atoms with Crippen LogP contribution >= 0.6 is 0 Å². The van der Waals surface area contributed by atoms with Crippen LogP contribution in [0.25, 0.3) is 11.3 Å². The monoisotopic (exact) mass is 382 g/mol. The summed E-state index contributed by atoms with van der Waals surface area (Å²) in [5, 5.41) is 13.8. The van der Waals surface area contributed by atoms with E-state index >= 15 is 0 Å². The third-order valence-corrected chi connectivity index (χ3v) is 5.63. The van der Waals surface area contributed by atoms with Gasteiger partial charge < -0.3 is 16.4 Å². The molecule has 0 radical (unpaired) electrons. The van der Waals surface area contributed by atoms with E-state index in [0.29, 0.717) is 18.8 Å². The topological polar surface area (TPSA) is 126 Å². The van der Waals surface area contributed by atoms with Crippen LogP contribution in [0.1, 0.15) is 54.9 Å². The average molecular weight is 382 g/mol. The maximum atomic E-state index is 11.8. The number of nitrogens with zero attached hydrogens (tertiary/aromatic N) is 2. The summed E-state index contributed by atoms with van der Waals surface area (Å²) < 4.78 is 0. The number of pyridine rings is 1. The van der Waals surface area contributed by atoms with Gasteiger partial charge in [-0.15, -0.1) is 0 Å². The molecule has 2 amide bonds. The molecule has 0 saturated carbocycles. The molecule has 1 aliphatic heterocycles. The number of carbonyl (C=O) groups is 2. The Bertz CT molecular complexity index is 933. The number of primary amides is 1. The Morgan fingerprint density at radius 1 is 1.36 bits per heavy atom. The third-order valence-electron chi connectivity index (χ3n) is 5.63. The molecule has 1 saturated heterocycles. The van der Waals surface area contributed by atoms with Gasteiger partial charge in [0.1, 0.15) is 11.5 Å². The Labute approximate surface area is 163 Å². The number of nitrogens with two attached hydrogens (primary N) is 1. The number of amides is 2. The summed E-state index contributed by atoms with van der Waals surface area (Å²) in [4.78, 5) is 27.5. The fourth-order valence-corrected chi connectivity index (χ4v) is 4.03. The quantitative estimate of drug-likeness (QED) is 0.627. The van der Waals surface area contributed by atoms with Crippen LogP contribution in [0, 0.1) is 5.41 Å². The van der Waals surface area contributed by atoms with Crippen molar-refractivity contribution >= 4 is 17.6 Å². The predicted molar refractivity (Wildman–Crippen MR) is 106 cm³/mol. The number of aromatic amines is 1. The molecule has 148 valence electrons. The molecule has 1 fully saturated rings. The van der Waals surface area contributed by atoms with Gasteiger partial charge in [0.25, 0.3) is 5.91 Å². The van der Waals surface area contributed by atoms with Crippen molar-refractivity contribution in [3.05, 3.63) is 29.1 Å². The van der Waals surface area contributed by atoms with Crippen molar-refractivity contribution in [3.8, 4) is 11.3 Å². The number of nitrogens with one attached hydrogen (secondary N) is 3. The number of anilines is 1. The molecule has 0 aromatic carbocycles. The van der Waals surface area contributed by atoms with Crippen LogP contribution in [0.15, 0.2) is 12.1 Å². The predicted octanol–water partition coefficient (Wildman–Crippen LogP) is 1.78. The van der Waals surface area contributed by atoms with Crippen molar-refractivity contribution in [2.45, 2.75) is 52.0 Å².